The Morgan fingerprint density at radius 1 is 1.53 bits per heavy atom. The molecule has 5 heteroatoms. The molecule has 4 nitrogen and oxygen atoms in total. The molecule has 106 valence electrons. The van der Waals surface area contributed by atoms with Gasteiger partial charge in [-0.15, -0.1) is 11.3 Å². The number of nitrogens with one attached hydrogen (secondary N) is 2. The zero-order valence-electron chi connectivity index (χ0n) is 11.5. The Kier molecular flexibility index (Phi) is 5.82. The van der Waals surface area contributed by atoms with E-state index in [-0.39, 0.29) is 11.9 Å². The van der Waals surface area contributed by atoms with Crippen molar-refractivity contribution in [1.29, 1.82) is 0 Å². The monoisotopic (exact) mass is 281 g/mol. The molecule has 1 aromatic heterocycles. The van der Waals surface area contributed by atoms with Gasteiger partial charge in [-0.1, -0.05) is 13.0 Å². The summed E-state index contributed by atoms with van der Waals surface area (Å²) in [4.78, 5) is 15.6. The molecule has 0 aromatic carbocycles. The molecular weight excluding hydrogens is 258 g/mol. The summed E-state index contributed by atoms with van der Waals surface area (Å²) in [5.41, 5.74) is 0. The Labute approximate surface area is 119 Å². The maximum Gasteiger partial charge on any atom is 0.234 e. The predicted octanol–water partition coefficient (Wildman–Crippen LogP) is 1.61. The van der Waals surface area contributed by atoms with E-state index in [2.05, 4.69) is 33.9 Å². The molecule has 1 unspecified atom stereocenters. The van der Waals surface area contributed by atoms with Gasteiger partial charge in [0.1, 0.15) is 0 Å². The third-order valence-electron chi connectivity index (χ3n) is 3.43. The van der Waals surface area contributed by atoms with Gasteiger partial charge in [-0.05, 0) is 37.4 Å². The summed E-state index contributed by atoms with van der Waals surface area (Å²) in [5.74, 6) is 0.141. The molecule has 19 heavy (non-hydrogen) atoms. The van der Waals surface area contributed by atoms with Crippen LogP contribution in [0, 0.1) is 0 Å². The van der Waals surface area contributed by atoms with Gasteiger partial charge in [0, 0.05) is 18.0 Å². The minimum absolute atomic E-state index is 0.141. The lowest BCUT2D eigenvalue weighted by Gasteiger charge is -2.21. The van der Waals surface area contributed by atoms with Crippen molar-refractivity contribution in [3.8, 4) is 0 Å². The molecular formula is C14H23N3OS. The molecule has 0 spiro atoms. The first kappa shape index (κ1) is 14.5. The summed E-state index contributed by atoms with van der Waals surface area (Å²) in [6.07, 6.45) is 2.06. The zero-order valence-corrected chi connectivity index (χ0v) is 12.3. The molecule has 1 saturated heterocycles. The molecule has 1 amide bonds. The van der Waals surface area contributed by atoms with Crippen LogP contribution in [0.2, 0.25) is 0 Å². The average Bonchev–Trinajstić information content (AvgIpc) is 2.82. The van der Waals surface area contributed by atoms with Crippen LogP contribution in [0.15, 0.2) is 17.5 Å². The van der Waals surface area contributed by atoms with Crippen LogP contribution in [-0.2, 0) is 4.79 Å². The van der Waals surface area contributed by atoms with Crippen molar-refractivity contribution in [2.75, 3.05) is 32.7 Å². The number of carbonyl (C=O) groups is 1. The largest absolute Gasteiger partial charge is 0.347 e. The summed E-state index contributed by atoms with van der Waals surface area (Å²) >= 11 is 1.71. The highest BCUT2D eigenvalue weighted by molar-refractivity contribution is 7.10. The van der Waals surface area contributed by atoms with Crippen LogP contribution >= 0.6 is 11.3 Å². The summed E-state index contributed by atoms with van der Waals surface area (Å²) < 4.78 is 0. The quantitative estimate of drug-likeness (QED) is 0.862. The van der Waals surface area contributed by atoms with Gasteiger partial charge in [0.05, 0.1) is 12.6 Å². The number of carbonyl (C=O) groups excluding carboxylic acids is 1. The van der Waals surface area contributed by atoms with Crippen molar-refractivity contribution >= 4 is 17.2 Å². The summed E-state index contributed by atoms with van der Waals surface area (Å²) in [5, 5.41) is 8.56. The lowest BCUT2D eigenvalue weighted by Crippen LogP contribution is -2.40. The normalized spacial score (nSPS) is 18.8. The van der Waals surface area contributed by atoms with E-state index in [0.29, 0.717) is 6.54 Å². The third kappa shape index (κ3) is 4.60. The molecule has 2 rings (SSSR count). The maximum absolute atomic E-state index is 12.1. The van der Waals surface area contributed by atoms with Crippen LogP contribution in [0.4, 0.5) is 0 Å². The van der Waals surface area contributed by atoms with Crippen LogP contribution in [0.3, 0.4) is 0 Å². The van der Waals surface area contributed by atoms with E-state index in [4.69, 9.17) is 0 Å². The van der Waals surface area contributed by atoms with E-state index in [0.717, 1.165) is 39.0 Å². The Bertz CT molecular complexity index is 372. The molecule has 2 N–H and O–H groups in total. The Morgan fingerprint density at radius 3 is 3.16 bits per heavy atom. The van der Waals surface area contributed by atoms with Crippen molar-refractivity contribution in [3.05, 3.63) is 22.4 Å². The molecule has 1 aliphatic heterocycles. The minimum atomic E-state index is 0.141. The van der Waals surface area contributed by atoms with Gasteiger partial charge in [0.25, 0.3) is 0 Å². The first-order valence-electron chi connectivity index (χ1n) is 7.05. The van der Waals surface area contributed by atoms with Crippen LogP contribution in [0.5, 0.6) is 0 Å². The van der Waals surface area contributed by atoms with Crippen molar-refractivity contribution in [3.63, 3.8) is 0 Å². The van der Waals surface area contributed by atoms with E-state index in [1.54, 1.807) is 11.3 Å². The second kappa shape index (κ2) is 7.62. The smallest absolute Gasteiger partial charge is 0.234 e. The Morgan fingerprint density at radius 2 is 2.42 bits per heavy atom. The first-order valence-corrected chi connectivity index (χ1v) is 7.93. The van der Waals surface area contributed by atoms with Crippen LogP contribution in [0.1, 0.15) is 30.7 Å². The molecule has 2 heterocycles. The second-order valence-corrected chi connectivity index (χ2v) is 5.90. The zero-order chi connectivity index (χ0) is 13.5. The fourth-order valence-corrected chi connectivity index (χ4v) is 3.23. The molecule has 1 fully saturated rings. The highest BCUT2D eigenvalue weighted by Gasteiger charge is 2.16. The third-order valence-corrected chi connectivity index (χ3v) is 4.42. The SMILES string of the molecule is CCC(NC(=O)CN1CCCNCC1)c1cccs1. The standard InChI is InChI=1S/C14H23N3OS/c1-2-12(13-5-3-10-19-13)16-14(18)11-17-8-4-6-15-7-9-17/h3,5,10,12,15H,2,4,6-9,11H2,1H3,(H,16,18). The topological polar surface area (TPSA) is 44.4 Å². The molecule has 0 bridgehead atoms. The van der Waals surface area contributed by atoms with Crippen molar-refractivity contribution in [2.24, 2.45) is 0 Å². The van der Waals surface area contributed by atoms with Crippen molar-refractivity contribution in [1.82, 2.24) is 15.5 Å². The minimum Gasteiger partial charge on any atom is -0.347 e. The lowest BCUT2D eigenvalue weighted by molar-refractivity contribution is -0.123. The number of amides is 1. The fourth-order valence-electron chi connectivity index (χ4n) is 2.37. The summed E-state index contributed by atoms with van der Waals surface area (Å²) in [7, 11) is 0. The van der Waals surface area contributed by atoms with Gasteiger partial charge < -0.3 is 10.6 Å². The molecule has 1 aromatic rings. The Balaban J connectivity index is 1.82. The molecule has 0 saturated carbocycles. The highest BCUT2D eigenvalue weighted by atomic mass is 32.1. The van der Waals surface area contributed by atoms with Crippen molar-refractivity contribution < 1.29 is 4.79 Å². The molecule has 1 aliphatic rings. The summed E-state index contributed by atoms with van der Waals surface area (Å²) in [6, 6.07) is 4.29. The predicted molar refractivity (Wildman–Crippen MR) is 79.4 cm³/mol. The first-order chi connectivity index (χ1) is 9.29. The van der Waals surface area contributed by atoms with E-state index >= 15 is 0 Å². The molecule has 1 atom stereocenters. The van der Waals surface area contributed by atoms with Gasteiger partial charge in [0.15, 0.2) is 0 Å². The summed E-state index contributed by atoms with van der Waals surface area (Å²) in [6.45, 7) is 6.64. The lowest BCUT2D eigenvalue weighted by atomic mass is 10.2. The molecule has 0 radical (unpaired) electrons. The van der Waals surface area contributed by atoms with Crippen molar-refractivity contribution in [2.45, 2.75) is 25.8 Å². The number of rotatable bonds is 5. The van der Waals surface area contributed by atoms with Gasteiger partial charge >= 0.3 is 0 Å². The number of hydrogen-bond donors (Lipinski definition) is 2. The van der Waals surface area contributed by atoms with E-state index in [1.165, 1.54) is 4.88 Å². The van der Waals surface area contributed by atoms with Gasteiger partial charge in [0.2, 0.25) is 5.91 Å². The fraction of sp³-hybridized carbons (Fsp3) is 0.643. The van der Waals surface area contributed by atoms with Crippen LogP contribution in [-0.4, -0.2) is 43.5 Å². The van der Waals surface area contributed by atoms with Gasteiger partial charge in [-0.25, -0.2) is 0 Å². The number of hydrogen-bond acceptors (Lipinski definition) is 4. The highest BCUT2D eigenvalue weighted by Crippen LogP contribution is 2.21. The van der Waals surface area contributed by atoms with E-state index < -0.39 is 0 Å². The number of thiophene rings is 1. The molecule has 0 aliphatic carbocycles. The van der Waals surface area contributed by atoms with Crippen LogP contribution < -0.4 is 10.6 Å². The van der Waals surface area contributed by atoms with E-state index in [1.807, 2.05) is 6.07 Å². The maximum atomic E-state index is 12.1. The van der Waals surface area contributed by atoms with Crippen LogP contribution in [0.25, 0.3) is 0 Å². The van der Waals surface area contributed by atoms with Gasteiger partial charge in [-0.3, -0.25) is 9.69 Å². The van der Waals surface area contributed by atoms with Gasteiger partial charge in [-0.2, -0.15) is 0 Å². The average molecular weight is 281 g/mol. The van der Waals surface area contributed by atoms with E-state index in [9.17, 15) is 4.79 Å². The number of nitrogens with zero attached hydrogens (tertiary/aromatic N) is 1. The second-order valence-electron chi connectivity index (χ2n) is 4.92. The Hall–Kier alpha value is -0.910.